The standard InChI is InChI=1S/C13H14ClNO3S.C13H15NO3S.C12H11Cl2NO3.2CH4/c1-7-8(13(16)17-2)6-9(14)12(19-3)11(7)10-4-5-18-15-10;1-8-9(13(15)16-2)4-5-11(18-3)12(8)10-6-7-17-14-10;1-6-7(12(16)17-2)5-8(13)11(14)10(6)9-3-4-18-15-9;;/h6H,4-5H2,1-3H3;4-5H,6-7H2,1-3H3;5H,3-4H2,1-2H3;2*1H4. The Bertz CT molecular complexity index is 2070. The van der Waals surface area contributed by atoms with Crippen LogP contribution < -0.4 is 0 Å². The molecule has 0 atom stereocenters. The van der Waals surface area contributed by atoms with Crippen molar-refractivity contribution in [3.8, 4) is 0 Å². The number of methoxy groups -OCH3 is 3. The van der Waals surface area contributed by atoms with Crippen LogP contribution in [0.15, 0.2) is 49.5 Å². The van der Waals surface area contributed by atoms with Crippen LogP contribution in [0.25, 0.3) is 0 Å². The molecule has 310 valence electrons. The Morgan fingerprint density at radius 2 is 1.00 bits per heavy atom. The molecule has 3 aromatic carbocycles. The number of thioether (sulfide) groups is 2. The molecule has 0 N–H and O–H groups in total. The summed E-state index contributed by atoms with van der Waals surface area (Å²) in [6, 6.07) is 6.88. The van der Waals surface area contributed by atoms with Crippen molar-refractivity contribution in [2.75, 3.05) is 53.7 Å². The molecule has 0 radical (unpaired) electrons. The zero-order chi connectivity index (χ0) is 40.4. The molecule has 0 aromatic heterocycles. The maximum atomic E-state index is 11.8. The van der Waals surface area contributed by atoms with Gasteiger partial charge in [0.05, 0.1) is 70.2 Å². The zero-order valence-electron chi connectivity index (χ0n) is 31.5. The molecular weight excluding hydrogens is 837 g/mol. The van der Waals surface area contributed by atoms with Gasteiger partial charge in [0.15, 0.2) is 0 Å². The number of esters is 3. The number of carbonyl (C=O) groups is 3. The lowest BCUT2D eigenvalue weighted by Crippen LogP contribution is -2.11. The molecule has 3 heterocycles. The summed E-state index contributed by atoms with van der Waals surface area (Å²) in [4.78, 5) is 52.2. The van der Waals surface area contributed by atoms with E-state index in [1.165, 1.54) is 39.2 Å². The predicted octanol–water partition coefficient (Wildman–Crippen LogP) is 10.4. The highest BCUT2D eigenvalue weighted by Crippen LogP contribution is 2.36. The Morgan fingerprint density at radius 1 is 0.596 bits per heavy atom. The Labute approximate surface area is 357 Å². The lowest BCUT2D eigenvalue weighted by atomic mass is 9.97. The van der Waals surface area contributed by atoms with E-state index in [0.29, 0.717) is 74.8 Å². The SMILES string of the molecule is C.C.COC(=O)c1cc(Cl)c(Cl)c(C2=NOCC2)c1C.COC(=O)c1cc(Cl)c(SC)c(C2=NOCC2)c1C.COC(=O)c1ccc(SC)c(C2=NOCC2)c1C. The van der Waals surface area contributed by atoms with Gasteiger partial charge in [-0.15, -0.1) is 23.5 Å². The van der Waals surface area contributed by atoms with Crippen molar-refractivity contribution in [1.29, 1.82) is 0 Å². The van der Waals surface area contributed by atoms with E-state index in [2.05, 4.69) is 15.5 Å². The normalized spacial score (nSPS) is 13.6. The molecule has 12 nitrogen and oxygen atoms in total. The van der Waals surface area contributed by atoms with Gasteiger partial charge in [0.25, 0.3) is 0 Å². The number of halogens is 3. The van der Waals surface area contributed by atoms with Crippen LogP contribution in [0.4, 0.5) is 0 Å². The van der Waals surface area contributed by atoms with E-state index in [9.17, 15) is 14.4 Å². The first-order valence-corrected chi connectivity index (χ1v) is 20.3. The second-order valence-corrected chi connectivity index (χ2v) is 14.7. The Hall–Kier alpha value is -3.95. The lowest BCUT2D eigenvalue weighted by molar-refractivity contribution is 0.0591. The highest BCUT2D eigenvalue weighted by Gasteiger charge is 2.26. The Balaban J connectivity index is 0.000000290. The average molecular weight is 885 g/mol. The summed E-state index contributed by atoms with van der Waals surface area (Å²) in [5.41, 5.74) is 8.83. The molecule has 0 unspecified atom stereocenters. The van der Waals surface area contributed by atoms with E-state index in [4.69, 9.17) is 63.5 Å². The first kappa shape index (κ1) is 49.2. The fourth-order valence-electron chi connectivity index (χ4n) is 5.97. The summed E-state index contributed by atoms with van der Waals surface area (Å²) in [6.07, 6.45) is 6.08. The van der Waals surface area contributed by atoms with E-state index < -0.39 is 11.9 Å². The third-order valence-electron chi connectivity index (χ3n) is 8.72. The summed E-state index contributed by atoms with van der Waals surface area (Å²) in [6.45, 7) is 7.24. The number of hydrogen-bond donors (Lipinski definition) is 0. The van der Waals surface area contributed by atoms with E-state index in [-0.39, 0.29) is 20.8 Å². The second kappa shape index (κ2) is 22.8. The number of ether oxygens (including phenoxy) is 3. The minimum absolute atomic E-state index is 0. The molecule has 0 bridgehead atoms. The molecule has 0 fully saturated rings. The Morgan fingerprint density at radius 3 is 1.42 bits per heavy atom. The monoisotopic (exact) mass is 883 g/mol. The van der Waals surface area contributed by atoms with Crippen LogP contribution in [0.2, 0.25) is 15.1 Å². The van der Waals surface area contributed by atoms with Crippen molar-refractivity contribution < 1.29 is 43.1 Å². The summed E-state index contributed by atoms with van der Waals surface area (Å²) >= 11 is 21.6. The molecule has 3 aliphatic heterocycles. The average Bonchev–Trinajstić information content (AvgIpc) is 4.02. The molecule has 6 rings (SSSR count). The number of nitrogens with zero attached hydrogens (tertiary/aromatic N) is 3. The highest BCUT2D eigenvalue weighted by molar-refractivity contribution is 7.99. The van der Waals surface area contributed by atoms with E-state index in [0.717, 1.165) is 56.3 Å². The zero-order valence-corrected chi connectivity index (χ0v) is 35.4. The second-order valence-electron chi connectivity index (χ2n) is 11.8. The largest absolute Gasteiger partial charge is 0.465 e. The quantitative estimate of drug-likeness (QED) is 0.121. The van der Waals surface area contributed by atoms with E-state index in [1.807, 2.05) is 32.4 Å². The van der Waals surface area contributed by atoms with Crippen LogP contribution in [0.1, 0.15) is 98.6 Å². The third kappa shape index (κ3) is 11.2. The number of carbonyl (C=O) groups excluding carboxylic acids is 3. The van der Waals surface area contributed by atoms with Crippen LogP contribution in [-0.4, -0.2) is 88.7 Å². The minimum atomic E-state index is -0.452. The maximum Gasteiger partial charge on any atom is 0.338 e. The van der Waals surface area contributed by atoms with Gasteiger partial charge in [-0.1, -0.05) is 65.1 Å². The first-order chi connectivity index (χ1) is 26.3. The summed E-state index contributed by atoms with van der Waals surface area (Å²) < 4.78 is 14.3. The molecule has 0 spiro atoms. The lowest BCUT2D eigenvalue weighted by Gasteiger charge is -2.15. The first-order valence-electron chi connectivity index (χ1n) is 16.7. The molecule has 3 aliphatic rings. The number of rotatable bonds is 8. The molecule has 0 aliphatic carbocycles. The van der Waals surface area contributed by atoms with Gasteiger partial charge >= 0.3 is 17.9 Å². The van der Waals surface area contributed by atoms with E-state index in [1.54, 1.807) is 30.8 Å². The fourth-order valence-corrected chi connectivity index (χ4v) is 8.32. The van der Waals surface area contributed by atoms with Gasteiger partial charge in [-0.05, 0) is 74.2 Å². The van der Waals surface area contributed by atoms with Gasteiger partial charge in [-0.2, -0.15) is 0 Å². The van der Waals surface area contributed by atoms with Gasteiger partial charge in [-0.3, -0.25) is 0 Å². The smallest absolute Gasteiger partial charge is 0.338 e. The van der Waals surface area contributed by atoms with E-state index >= 15 is 0 Å². The molecule has 0 saturated carbocycles. The summed E-state index contributed by atoms with van der Waals surface area (Å²) in [7, 11) is 4.06. The highest BCUT2D eigenvalue weighted by atomic mass is 35.5. The van der Waals surface area contributed by atoms with Crippen molar-refractivity contribution in [3.05, 3.63) is 89.4 Å². The molecule has 0 amide bonds. The fraction of sp³-hybridized carbons (Fsp3) is 0.400. The minimum Gasteiger partial charge on any atom is -0.465 e. The van der Waals surface area contributed by atoms with Crippen LogP contribution in [0.3, 0.4) is 0 Å². The molecule has 17 heteroatoms. The summed E-state index contributed by atoms with van der Waals surface area (Å²) in [5, 5.41) is 13.2. The molecule has 3 aromatic rings. The number of benzene rings is 3. The maximum absolute atomic E-state index is 11.8. The Kier molecular flexibility index (Phi) is 19.7. The van der Waals surface area contributed by atoms with Crippen molar-refractivity contribution >= 4 is 93.4 Å². The van der Waals surface area contributed by atoms with Crippen molar-refractivity contribution in [2.45, 2.75) is 64.7 Å². The number of oxime groups is 3. The number of hydrogen-bond acceptors (Lipinski definition) is 14. The van der Waals surface area contributed by atoms with Crippen LogP contribution in [-0.2, 0) is 28.7 Å². The van der Waals surface area contributed by atoms with Crippen molar-refractivity contribution in [2.24, 2.45) is 15.5 Å². The molecular formula is C40H48Cl3N3O9S2. The van der Waals surface area contributed by atoms with Gasteiger partial charge in [-0.25, -0.2) is 14.4 Å². The molecule has 57 heavy (non-hydrogen) atoms. The summed E-state index contributed by atoms with van der Waals surface area (Å²) in [5.74, 6) is -1.17. The van der Waals surface area contributed by atoms with Crippen molar-refractivity contribution in [3.63, 3.8) is 0 Å². The third-order valence-corrected chi connectivity index (χ3v) is 11.5. The van der Waals surface area contributed by atoms with Gasteiger partial charge in [0, 0.05) is 45.7 Å². The van der Waals surface area contributed by atoms with Gasteiger partial charge in [0.1, 0.15) is 19.8 Å². The van der Waals surface area contributed by atoms with Gasteiger partial charge in [0.2, 0.25) is 0 Å². The van der Waals surface area contributed by atoms with Crippen LogP contribution in [0, 0.1) is 20.8 Å². The predicted molar refractivity (Wildman–Crippen MR) is 231 cm³/mol. The topological polar surface area (TPSA) is 144 Å². The van der Waals surface area contributed by atoms with Crippen LogP contribution in [0.5, 0.6) is 0 Å². The van der Waals surface area contributed by atoms with Gasteiger partial charge < -0.3 is 28.7 Å². The van der Waals surface area contributed by atoms with Crippen LogP contribution >= 0.6 is 58.3 Å². The van der Waals surface area contributed by atoms with Crippen molar-refractivity contribution in [1.82, 2.24) is 0 Å². The molecule has 0 saturated heterocycles.